The van der Waals surface area contributed by atoms with Crippen molar-refractivity contribution in [1.82, 2.24) is 15.8 Å². The fourth-order valence-electron chi connectivity index (χ4n) is 4.38. The average Bonchev–Trinajstić information content (AvgIpc) is 3.08. The summed E-state index contributed by atoms with van der Waals surface area (Å²) in [6.07, 6.45) is 1.07. The minimum Gasteiger partial charge on any atom is -0.494 e. The Hall–Kier alpha value is -2.41. The predicted octanol–water partition coefficient (Wildman–Crippen LogP) is 0.826. The Morgan fingerprint density at radius 3 is 3.04 bits per heavy atom. The van der Waals surface area contributed by atoms with Gasteiger partial charge in [-0.2, -0.15) is 5.26 Å². The monoisotopic (exact) mass is 389 g/mol. The lowest BCUT2D eigenvalue weighted by atomic mass is 9.88. The van der Waals surface area contributed by atoms with Crippen LogP contribution < -0.4 is 20.8 Å². The number of fused-ring (bicyclic) bond motifs is 1. The number of methoxy groups -OCH3 is 1. The second-order valence-corrected chi connectivity index (χ2v) is 7.35. The second-order valence-electron chi connectivity index (χ2n) is 7.35. The molecular weight excluding hydrogens is 365 g/mol. The van der Waals surface area contributed by atoms with Crippen molar-refractivity contribution in [3.05, 3.63) is 24.0 Å². The lowest BCUT2D eigenvalue weighted by Gasteiger charge is -2.39. The van der Waals surface area contributed by atoms with Crippen molar-refractivity contribution in [2.75, 3.05) is 32.2 Å². The maximum Gasteiger partial charge on any atom is 0.228 e. The summed E-state index contributed by atoms with van der Waals surface area (Å²) in [7, 11) is 1.41. The molecule has 9 heteroatoms. The van der Waals surface area contributed by atoms with E-state index >= 15 is 0 Å². The van der Waals surface area contributed by atoms with Gasteiger partial charge >= 0.3 is 0 Å². The van der Waals surface area contributed by atoms with Gasteiger partial charge in [0.2, 0.25) is 5.91 Å². The highest BCUT2D eigenvalue weighted by molar-refractivity contribution is 5.82. The van der Waals surface area contributed by atoms with Gasteiger partial charge in [0.25, 0.3) is 0 Å². The van der Waals surface area contributed by atoms with E-state index < -0.39 is 5.82 Å². The van der Waals surface area contributed by atoms with E-state index in [1.165, 1.54) is 13.2 Å². The first kappa shape index (κ1) is 18.9. The summed E-state index contributed by atoms with van der Waals surface area (Å²) < 4.78 is 24.4. The molecular formula is C19H24FN5O3. The van der Waals surface area contributed by atoms with Crippen molar-refractivity contribution < 1.29 is 18.7 Å². The number of nitrogens with one attached hydrogen (secondary N) is 3. The summed E-state index contributed by atoms with van der Waals surface area (Å²) in [5.74, 6) is -0.848. The van der Waals surface area contributed by atoms with Gasteiger partial charge < -0.3 is 20.1 Å². The van der Waals surface area contributed by atoms with Gasteiger partial charge in [-0.1, -0.05) is 0 Å². The van der Waals surface area contributed by atoms with E-state index in [4.69, 9.17) is 9.47 Å². The van der Waals surface area contributed by atoms with Crippen molar-refractivity contribution in [2.24, 2.45) is 11.8 Å². The first-order chi connectivity index (χ1) is 13.6. The molecule has 3 N–H and O–H groups in total. The fraction of sp³-hybridized carbons (Fsp3) is 0.579. The SMILES string of the molecule is COc1cc(NC2NN(C3COCC[C@@H]3C#N)C3CCNC(=O)C23)ccc1F. The van der Waals surface area contributed by atoms with E-state index in [-0.39, 0.29) is 41.7 Å². The molecule has 0 aliphatic carbocycles. The molecule has 5 atom stereocenters. The Kier molecular flexibility index (Phi) is 5.35. The van der Waals surface area contributed by atoms with Crippen molar-refractivity contribution in [1.29, 1.82) is 5.26 Å². The number of halogens is 1. The zero-order chi connectivity index (χ0) is 19.7. The largest absolute Gasteiger partial charge is 0.494 e. The number of hydrogen-bond donors (Lipinski definition) is 3. The number of hydrazine groups is 1. The minimum atomic E-state index is -0.446. The van der Waals surface area contributed by atoms with Crippen LogP contribution in [0.25, 0.3) is 0 Å². The number of benzene rings is 1. The normalized spacial score (nSPS) is 32.9. The highest BCUT2D eigenvalue weighted by Crippen LogP contribution is 2.34. The van der Waals surface area contributed by atoms with Crippen LogP contribution in [-0.4, -0.2) is 56.0 Å². The van der Waals surface area contributed by atoms with Crippen LogP contribution in [0.4, 0.5) is 10.1 Å². The lowest BCUT2D eigenvalue weighted by molar-refractivity contribution is -0.128. The van der Waals surface area contributed by atoms with Gasteiger partial charge in [-0.3, -0.25) is 4.79 Å². The molecule has 0 radical (unpaired) electrons. The van der Waals surface area contributed by atoms with Crippen LogP contribution in [0.1, 0.15) is 12.8 Å². The number of anilines is 1. The molecule has 4 rings (SSSR count). The molecule has 150 valence electrons. The van der Waals surface area contributed by atoms with Crippen molar-refractivity contribution in [2.45, 2.75) is 31.1 Å². The number of ether oxygens (including phenoxy) is 2. The highest BCUT2D eigenvalue weighted by Gasteiger charge is 2.51. The van der Waals surface area contributed by atoms with E-state index in [9.17, 15) is 14.4 Å². The molecule has 3 fully saturated rings. The molecule has 28 heavy (non-hydrogen) atoms. The Morgan fingerprint density at radius 1 is 1.39 bits per heavy atom. The Balaban J connectivity index is 1.59. The molecule has 3 heterocycles. The quantitative estimate of drug-likeness (QED) is 0.701. The van der Waals surface area contributed by atoms with Gasteiger partial charge in [0.1, 0.15) is 6.17 Å². The number of carbonyl (C=O) groups excluding carboxylic acids is 1. The van der Waals surface area contributed by atoms with Crippen LogP contribution in [0.15, 0.2) is 18.2 Å². The van der Waals surface area contributed by atoms with Gasteiger partial charge in [0.05, 0.1) is 37.7 Å². The number of nitrogens with zero attached hydrogens (tertiary/aromatic N) is 2. The highest BCUT2D eigenvalue weighted by atomic mass is 19.1. The molecule has 0 aromatic heterocycles. The molecule has 0 bridgehead atoms. The van der Waals surface area contributed by atoms with Crippen molar-refractivity contribution in [3.8, 4) is 11.8 Å². The van der Waals surface area contributed by atoms with Crippen LogP contribution in [0.2, 0.25) is 0 Å². The summed E-state index contributed by atoms with van der Waals surface area (Å²) >= 11 is 0. The van der Waals surface area contributed by atoms with Gasteiger partial charge in [-0.05, 0) is 25.0 Å². The van der Waals surface area contributed by atoms with Gasteiger partial charge in [0, 0.05) is 30.9 Å². The van der Waals surface area contributed by atoms with E-state index in [0.29, 0.717) is 31.9 Å². The lowest BCUT2D eigenvalue weighted by Crippen LogP contribution is -2.56. The first-order valence-corrected chi connectivity index (χ1v) is 9.52. The number of piperidine rings is 1. The molecule has 3 aliphatic heterocycles. The molecule has 1 aromatic carbocycles. The first-order valence-electron chi connectivity index (χ1n) is 9.52. The van der Waals surface area contributed by atoms with Gasteiger partial charge in [0.15, 0.2) is 11.6 Å². The molecule has 1 amide bonds. The van der Waals surface area contributed by atoms with E-state index in [1.54, 1.807) is 12.1 Å². The average molecular weight is 389 g/mol. The summed E-state index contributed by atoms with van der Waals surface area (Å²) in [6, 6.07) is 6.72. The second kappa shape index (κ2) is 7.91. The van der Waals surface area contributed by atoms with Crippen LogP contribution >= 0.6 is 0 Å². The Morgan fingerprint density at radius 2 is 2.25 bits per heavy atom. The molecule has 1 aromatic rings. The fourth-order valence-corrected chi connectivity index (χ4v) is 4.38. The molecule has 8 nitrogen and oxygen atoms in total. The number of rotatable bonds is 4. The summed E-state index contributed by atoms with van der Waals surface area (Å²) in [5.41, 5.74) is 4.04. The molecule has 4 unspecified atom stereocenters. The standard InChI is InChI=1S/C19H24FN5O3/c1-27-16-8-12(2-3-13(16)20)23-18-17-14(4-6-22-19(17)26)25(24-18)15-10-28-7-5-11(15)9-21/h2-3,8,11,14-15,17-18,23-24H,4-7,10H2,1H3,(H,22,26)/t11-,14?,15?,17?,18?/m1/s1. The summed E-state index contributed by atoms with van der Waals surface area (Å²) in [4.78, 5) is 12.6. The molecule has 0 saturated carbocycles. The van der Waals surface area contributed by atoms with Gasteiger partial charge in [-0.15, -0.1) is 0 Å². The third-order valence-electron chi connectivity index (χ3n) is 5.78. The van der Waals surface area contributed by atoms with Crippen molar-refractivity contribution >= 4 is 11.6 Å². The topological polar surface area (TPSA) is 98.7 Å². The smallest absolute Gasteiger partial charge is 0.228 e. The third-order valence-corrected chi connectivity index (χ3v) is 5.78. The summed E-state index contributed by atoms with van der Waals surface area (Å²) in [6.45, 7) is 1.63. The van der Waals surface area contributed by atoms with Crippen LogP contribution in [0.5, 0.6) is 5.75 Å². The van der Waals surface area contributed by atoms with E-state index in [1.807, 2.05) is 5.01 Å². The van der Waals surface area contributed by atoms with Crippen LogP contribution in [0, 0.1) is 29.0 Å². The maximum absolute atomic E-state index is 13.7. The number of carbonyl (C=O) groups is 1. The third kappa shape index (κ3) is 3.39. The zero-order valence-corrected chi connectivity index (χ0v) is 15.7. The minimum absolute atomic E-state index is 0.0388. The predicted molar refractivity (Wildman–Crippen MR) is 98.6 cm³/mol. The van der Waals surface area contributed by atoms with Gasteiger partial charge in [-0.25, -0.2) is 14.8 Å². The Labute approximate surface area is 162 Å². The summed E-state index contributed by atoms with van der Waals surface area (Å²) in [5, 5.41) is 17.8. The number of nitriles is 1. The Bertz CT molecular complexity index is 785. The number of hydrogen-bond acceptors (Lipinski definition) is 7. The molecule has 3 aliphatic rings. The van der Waals surface area contributed by atoms with Crippen LogP contribution in [-0.2, 0) is 9.53 Å². The van der Waals surface area contributed by atoms with E-state index in [0.717, 1.165) is 6.42 Å². The number of amides is 1. The molecule has 0 spiro atoms. The maximum atomic E-state index is 13.7. The van der Waals surface area contributed by atoms with E-state index in [2.05, 4.69) is 22.1 Å². The van der Waals surface area contributed by atoms with Crippen molar-refractivity contribution in [3.63, 3.8) is 0 Å². The van der Waals surface area contributed by atoms with Crippen LogP contribution in [0.3, 0.4) is 0 Å². The molecule has 3 saturated heterocycles. The zero-order valence-electron chi connectivity index (χ0n) is 15.7.